The molecule has 1 saturated heterocycles. The fraction of sp³-hybridized carbons (Fsp3) is 0.385. The summed E-state index contributed by atoms with van der Waals surface area (Å²) in [5, 5.41) is 9.08. The summed E-state index contributed by atoms with van der Waals surface area (Å²) in [5.74, 6) is -1.19. The second kappa shape index (κ2) is 4.68. The Labute approximate surface area is 105 Å². The molecule has 1 aromatic carbocycles. The normalized spacial score (nSPS) is 18.9. The molecule has 1 heterocycles. The largest absolute Gasteiger partial charge is 0.480 e. The van der Waals surface area contributed by atoms with Gasteiger partial charge in [-0.1, -0.05) is 6.07 Å². The number of benzene rings is 1. The molecule has 0 spiro atoms. The molecule has 0 aromatic heterocycles. The van der Waals surface area contributed by atoms with Gasteiger partial charge in [-0.3, -0.25) is 4.79 Å². The second-order valence-corrected chi connectivity index (χ2v) is 4.51. The molecule has 2 rings (SSSR count). The van der Waals surface area contributed by atoms with Crippen molar-refractivity contribution >= 4 is 17.6 Å². The Morgan fingerprint density at radius 3 is 2.83 bits per heavy atom. The number of carboxylic acids is 1. The van der Waals surface area contributed by atoms with Crippen LogP contribution in [0.5, 0.6) is 0 Å². The van der Waals surface area contributed by atoms with Gasteiger partial charge in [0.1, 0.15) is 6.04 Å². The summed E-state index contributed by atoms with van der Waals surface area (Å²) in [4.78, 5) is 24.8. The molecule has 18 heavy (non-hydrogen) atoms. The van der Waals surface area contributed by atoms with Crippen molar-refractivity contribution in [2.45, 2.75) is 25.8 Å². The molecule has 0 unspecified atom stereocenters. The van der Waals surface area contributed by atoms with E-state index in [2.05, 4.69) is 0 Å². The number of rotatable bonds is 2. The van der Waals surface area contributed by atoms with Crippen molar-refractivity contribution in [1.29, 1.82) is 0 Å². The summed E-state index contributed by atoms with van der Waals surface area (Å²) in [5.41, 5.74) is 7.51. The quantitative estimate of drug-likeness (QED) is 0.772. The summed E-state index contributed by atoms with van der Waals surface area (Å²) in [7, 11) is 0. The minimum atomic E-state index is -0.942. The summed E-state index contributed by atoms with van der Waals surface area (Å²) in [6.07, 6.45) is 1.24. The number of amides is 1. The molecule has 0 radical (unpaired) electrons. The van der Waals surface area contributed by atoms with Crippen LogP contribution in [-0.4, -0.2) is 34.5 Å². The highest BCUT2D eigenvalue weighted by molar-refractivity contribution is 5.99. The van der Waals surface area contributed by atoms with Crippen LogP contribution in [0.2, 0.25) is 0 Å². The molecule has 1 aliphatic heterocycles. The summed E-state index contributed by atoms with van der Waals surface area (Å²) in [6, 6.07) is 4.41. The lowest BCUT2D eigenvalue weighted by atomic mass is 10.1. The van der Waals surface area contributed by atoms with Crippen LogP contribution in [0.25, 0.3) is 0 Å². The van der Waals surface area contributed by atoms with E-state index >= 15 is 0 Å². The number of aliphatic carboxylic acids is 1. The molecule has 0 aliphatic carbocycles. The molecule has 1 aliphatic rings. The molecule has 0 saturated carbocycles. The number of likely N-dealkylation sites (tertiary alicyclic amines) is 1. The van der Waals surface area contributed by atoms with E-state index in [9.17, 15) is 9.59 Å². The van der Waals surface area contributed by atoms with E-state index in [1.165, 1.54) is 4.90 Å². The van der Waals surface area contributed by atoms with Crippen molar-refractivity contribution in [1.82, 2.24) is 4.90 Å². The number of hydrogen-bond acceptors (Lipinski definition) is 3. The first kappa shape index (κ1) is 12.4. The highest BCUT2D eigenvalue weighted by atomic mass is 16.4. The number of carbonyl (C=O) groups excluding carboxylic acids is 1. The van der Waals surface area contributed by atoms with Gasteiger partial charge in [-0.25, -0.2) is 4.79 Å². The van der Waals surface area contributed by atoms with Crippen LogP contribution in [0.15, 0.2) is 18.2 Å². The molecule has 0 bridgehead atoms. The monoisotopic (exact) mass is 248 g/mol. The van der Waals surface area contributed by atoms with Crippen molar-refractivity contribution in [2.24, 2.45) is 0 Å². The Balaban J connectivity index is 2.31. The molecule has 1 aromatic rings. The van der Waals surface area contributed by atoms with Gasteiger partial charge < -0.3 is 15.7 Å². The molecule has 1 fully saturated rings. The third kappa shape index (κ3) is 2.03. The molecule has 5 heteroatoms. The van der Waals surface area contributed by atoms with E-state index in [0.29, 0.717) is 29.8 Å². The number of nitrogens with zero attached hydrogens (tertiary/aromatic N) is 1. The van der Waals surface area contributed by atoms with Crippen molar-refractivity contribution in [3.8, 4) is 0 Å². The van der Waals surface area contributed by atoms with Gasteiger partial charge in [-0.15, -0.1) is 0 Å². The predicted molar refractivity (Wildman–Crippen MR) is 67.3 cm³/mol. The molecular formula is C13H16N2O3. The van der Waals surface area contributed by atoms with Crippen molar-refractivity contribution in [3.05, 3.63) is 29.3 Å². The molecule has 1 amide bonds. The first-order valence-electron chi connectivity index (χ1n) is 5.91. The van der Waals surface area contributed by atoms with Gasteiger partial charge in [0.25, 0.3) is 5.91 Å². The average Bonchev–Trinajstić information content (AvgIpc) is 2.81. The second-order valence-electron chi connectivity index (χ2n) is 4.51. The highest BCUT2D eigenvalue weighted by Gasteiger charge is 2.34. The minimum absolute atomic E-state index is 0.246. The topological polar surface area (TPSA) is 83.6 Å². The third-order valence-corrected chi connectivity index (χ3v) is 3.40. The fourth-order valence-electron chi connectivity index (χ4n) is 2.31. The van der Waals surface area contributed by atoms with Crippen molar-refractivity contribution in [2.75, 3.05) is 12.3 Å². The zero-order valence-electron chi connectivity index (χ0n) is 10.2. The van der Waals surface area contributed by atoms with Gasteiger partial charge in [-0.05, 0) is 37.5 Å². The Kier molecular flexibility index (Phi) is 3.23. The molecule has 5 nitrogen and oxygen atoms in total. The fourth-order valence-corrected chi connectivity index (χ4v) is 2.31. The minimum Gasteiger partial charge on any atom is -0.480 e. The average molecular weight is 248 g/mol. The van der Waals surface area contributed by atoms with E-state index in [-0.39, 0.29) is 5.91 Å². The lowest BCUT2D eigenvalue weighted by molar-refractivity contribution is -0.141. The van der Waals surface area contributed by atoms with Gasteiger partial charge in [0, 0.05) is 17.8 Å². The van der Waals surface area contributed by atoms with Crippen molar-refractivity contribution in [3.63, 3.8) is 0 Å². The predicted octanol–water partition coefficient (Wildman–Crippen LogP) is 1.27. The van der Waals surface area contributed by atoms with Gasteiger partial charge in [0.05, 0.1) is 0 Å². The maximum Gasteiger partial charge on any atom is 0.326 e. The van der Waals surface area contributed by atoms with Gasteiger partial charge in [0.15, 0.2) is 0 Å². The van der Waals surface area contributed by atoms with E-state index < -0.39 is 12.0 Å². The van der Waals surface area contributed by atoms with Crippen molar-refractivity contribution < 1.29 is 14.7 Å². The number of carbonyl (C=O) groups is 2. The van der Waals surface area contributed by atoms with E-state index in [4.69, 9.17) is 10.8 Å². The van der Waals surface area contributed by atoms with Crippen LogP contribution in [0, 0.1) is 6.92 Å². The number of nitrogens with two attached hydrogens (primary N) is 1. The summed E-state index contributed by atoms with van der Waals surface area (Å²) >= 11 is 0. The van der Waals surface area contributed by atoms with Crippen LogP contribution in [0.4, 0.5) is 5.69 Å². The van der Waals surface area contributed by atoms with Crippen LogP contribution in [-0.2, 0) is 4.79 Å². The summed E-state index contributed by atoms with van der Waals surface area (Å²) < 4.78 is 0. The number of nitrogen functional groups attached to an aromatic ring is 1. The Morgan fingerprint density at radius 2 is 2.17 bits per heavy atom. The van der Waals surface area contributed by atoms with Gasteiger partial charge in [-0.2, -0.15) is 0 Å². The van der Waals surface area contributed by atoms with Gasteiger partial charge in [0.2, 0.25) is 0 Å². The number of carboxylic acid groups (broad SMARTS) is 1. The van der Waals surface area contributed by atoms with Crippen LogP contribution in [0.1, 0.15) is 28.8 Å². The Morgan fingerprint density at radius 1 is 1.44 bits per heavy atom. The lowest BCUT2D eigenvalue weighted by Crippen LogP contribution is -2.40. The first-order chi connectivity index (χ1) is 8.52. The van der Waals surface area contributed by atoms with Gasteiger partial charge >= 0.3 is 5.97 Å². The standard InChI is InChI=1S/C13H16N2O3/c1-8-9(4-2-5-10(8)14)12(16)15-7-3-6-11(15)13(17)18/h2,4-5,11H,3,6-7,14H2,1H3,(H,17,18)/t11-/m0/s1. The zero-order valence-corrected chi connectivity index (χ0v) is 10.2. The molecule has 3 N–H and O–H groups in total. The van der Waals surface area contributed by atoms with E-state index in [1.54, 1.807) is 25.1 Å². The Bertz CT molecular complexity index is 499. The van der Waals surface area contributed by atoms with E-state index in [1.807, 2.05) is 0 Å². The first-order valence-corrected chi connectivity index (χ1v) is 5.91. The van der Waals surface area contributed by atoms with Crippen LogP contribution < -0.4 is 5.73 Å². The zero-order chi connectivity index (χ0) is 13.3. The Hall–Kier alpha value is -2.04. The maximum absolute atomic E-state index is 12.3. The highest BCUT2D eigenvalue weighted by Crippen LogP contribution is 2.23. The molecule has 1 atom stereocenters. The smallest absolute Gasteiger partial charge is 0.326 e. The third-order valence-electron chi connectivity index (χ3n) is 3.40. The number of anilines is 1. The van der Waals surface area contributed by atoms with E-state index in [0.717, 1.165) is 6.42 Å². The number of hydrogen-bond donors (Lipinski definition) is 2. The molecule has 96 valence electrons. The van der Waals surface area contributed by atoms with Crippen LogP contribution >= 0.6 is 0 Å². The van der Waals surface area contributed by atoms with Crippen LogP contribution in [0.3, 0.4) is 0 Å². The maximum atomic E-state index is 12.3. The lowest BCUT2D eigenvalue weighted by Gasteiger charge is -2.22. The summed E-state index contributed by atoms with van der Waals surface area (Å²) in [6.45, 7) is 2.26. The molecular weight excluding hydrogens is 232 g/mol. The SMILES string of the molecule is Cc1c(N)cccc1C(=O)N1CCC[C@H]1C(=O)O.